The number of rotatable bonds is 1. The first-order valence-corrected chi connectivity index (χ1v) is 3.45. The Morgan fingerprint density at radius 1 is 1.38 bits per heavy atom. The van der Waals surface area contributed by atoms with Crippen LogP contribution >= 0.6 is 12.4 Å². The second-order valence-electron chi connectivity index (χ2n) is 2.41. The van der Waals surface area contributed by atoms with Crippen LogP contribution in [0.3, 0.4) is 0 Å². The lowest BCUT2D eigenvalue weighted by atomic mass is 10.3. The maximum Gasteiger partial charge on any atom is 0.354 e. The van der Waals surface area contributed by atoms with E-state index in [0.29, 0.717) is 5.52 Å². The predicted molar refractivity (Wildman–Crippen MR) is 50.3 cm³/mol. The van der Waals surface area contributed by atoms with Crippen LogP contribution in [0.5, 0.6) is 0 Å². The summed E-state index contributed by atoms with van der Waals surface area (Å²) in [5, 5.41) is 8.61. The number of aromatic amines is 1. The summed E-state index contributed by atoms with van der Waals surface area (Å²) >= 11 is 0. The molecule has 4 nitrogen and oxygen atoms in total. The highest BCUT2D eigenvalue weighted by Crippen LogP contribution is 2.09. The van der Waals surface area contributed by atoms with Crippen molar-refractivity contribution >= 4 is 29.4 Å². The molecule has 13 heavy (non-hydrogen) atoms. The van der Waals surface area contributed by atoms with Gasteiger partial charge in [0.05, 0.1) is 11.0 Å². The molecule has 5 heteroatoms. The molecule has 68 valence electrons. The first-order valence-electron chi connectivity index (χ1n) is 3.45. The van der Waals surface area contributed by atoms with E-state index >= 15 is 0 Å². The Labute approximate surface area is 80.0 Å². The first kappa shape index (κ1) is 9.54. The third kappa shape index (κ3) is 1.62. The molecule has 2 heterocycles. The molecule has 0 atom stereocenters. The Hall–Kier alpha value is -1.55. The van der Waals surface area contributed by atoms with Crippen LogP contribution in [0.25, 0.3) is 11.0 Å². The number of H-pyrrole nitrogens is 1. The third-order valence-electron chi connectivity index (χ3n) is 1.62. The smallest absolute Gasteiger partial charge is 0.354 e. The van der Waals surface area contributed by atoms with Crippen molar-refractivity contribution in [2.45, 2.75) is 0 Å². The molecule has 0 fully saturated rings. The minimum absolute atomic E-state index is 0. The van der Waals surface area contributed by atoms with Crippen LogP contribution in [-0.4, -0.2) is 21.0 Å². The summed E-state index contributed by atoms with van der Waals surface area (Å²) in [4.78, 5) is 17.3. The summed E-state index contributed by atoms with van der Waals surface area (Å²) in [5.74, 6) is -1.00. The van der Waals surface area contributed by atoms with Crippen molar-refractivity contribution < 1.29 is 9.90 Å². The summed E-state index contributed by atoms with van der Waals surface area (Å²) in [6.45, 7) is 0. The number of nitrogens with one attached hydrogen (secondary N) is 1. The molecule has 0 aromatic carbocycles. The first-order chi connectivity index (χ1) is 5.77. The Kier molecular flexibility index (Phi) is 2.53. The number of aromatic nitrogens is 2. The summed E-state index contributed by atoms with van der Waals surface area (Å²) in [5.41, 5.74) is 1.59. The van der Waals surface area contributed by atoms with Crippen LogP contribution in [0, 0.1) is 0 Å². The molecule has 0 aliphatic rings. The van der Waals surface area contributed by atoms with Gasteiger partial charge >= 0.3 is 5.97 Å². The van der Waals surface area contributed by atoms with Crippen LogP contribution in [0.15, 0.2) is 24.4 Å². The van der Waals surface area contributed by atoms with Gasteiger partial charge in [-0.25, -0.2) is 9.78 Å². The average Bonchev–Trinajstić information content (AvgIpc) is 2.49. The molecular weight excluding hydrogens is 192 g/mol. The van der Waals surface area contributed by atoms with Gasteiger partial charge in [0.1, 0.15) is 5.69 Å². The SMILES string of the molecule is Cl.O=C(O)c1ccc2[nH]ccc2n1. The lowest BCUT2D eigenvalue weighted by molar-refractivity contribution is 0.0691. The summed E-state index contributed by atoms with van der Waals surface area (Å²) in [6.07, 6.45) is 1.73. The lowest BCUT2D eigenvalue weighted by Gasteiger charge is -1.92. The molecule has 0 aliphatic carbocycles. The van der Waals surface area contributed by atoms with Crippen molar-refractivity contribution in [2.75, 3.05) is 0 Å². The van der Waals surface area contributed by atoms with E-state index in [2.05, 4.69) is 9.97 Å². The second kappa shape index (κ2) is 3.45. The molecule has 0 spiro atoms. The normalized spacial score (nSPS) is 9.54. The fourth-order valence-electron chi connectivity index (χ4n) is 1.05. The van der Waals surface area contributed by atoms with Gasteiger partial charge in [0.15, 0.2) is 0 Å². The molecule has 0 aliphatic heterocycles. The van der Waals surface area contributed by atoms with E-state index in [1.54, 1.807) is 18.3 Å². The van der Waals surface area contributed by atoms with Crippen LogP contribution < -0.4 is 0 Å². The number of carbonyl (C=O) groups is 1. The van der Waals surface area contributed by atoms with Crippen LogP contribution in [0.1, 0.15) is 10.5 Å². The Balaban J connectivity index is 0.000000845. The minimum atomic E-state index is -1.00. The average molecular weight is 199 g/mol. The van der Waals surface area contributed by atoms with Gasteiger partial charge in [-0.05, 0) is 18.2 Å². The molecule has 2 aromatic rings. The van der Waals surface area contributed by atoms with Gasteiger partial charge in [-0.1, -0.05) is 0 Å². The van der Waals surface area contributed by atoms with Gasteiger partial charge in [0, 0.05) is 6.20 Å². The van der Waals surface area contributed by atoms with Crippen molar-refractivity contribution in [3.05, 3.63) is 30.1 Å². The molecule has 0 radical (unpaired) electrons. The molecular formula is C8H7ClN2O2. The highest BCUT2D eigenvalue weighted by atomic mass is 35.5. The summed E-state index contributed by atoms with van der Waals surface area (Å²) < 4.78 is 0. The van der Waals surface area contributed by atoms with Gasteiger partial charge in [0.2, 0.25) is 0 Å². The van der Waals surface area contributed by atoms with Crippen molar-refractivity contribution in [1.29, 1.82) is 0 Å². The van der Waals surface area contributed by atoms with E-state index in [-0.39, 0.29) is 18.1 Å². The van der Waals surface area contributed by atoms with E-state index < -0.39 is 5.97 Å². The number of hydrogen-bond donors (Lipinski definition) is 2. The van der Waals surface area contributed by atoms with Crippen LogP contribution in [0.4, 0.5) is 0 Å². The highest BCUT2D eigenvalue weighted by Gasteiger charge is 2.04. The second-order valence-corrected chi connectivity index (χ2v) is 2.41. The minimum Gasteiger partial charge on any atom is -0.477 e. The Morgan fingerprint density at radius 2 is 2.15 bits per heavy atom. The fourth-order valence-corrected chi connectivity index (χ4v) is 1.05. The zero-order valence-corrected chi connectivity index (χ0v) is 7.34. The Bertz CT molecular complexity index is 438. The number of aromatic carboxylic acids is 1. The Morgan fingerprint density at radius 3 is 2.85 bits per heavy atom. The number of carboxylic acids is 1. The third-order valence-corrected chi connectivity index (χ3v) is 1.62. The van der Waals surface area contributed by atoms with Crippen molar-refractivity contribution in [3.8, 4) is 0 Å². The maximum atomic E-state index is 10.5. The number of fused-ring (bicyclic) bond motifs is 1. The monoisotopic (exact) mass is 198 g/mol. The molecule has 0 saturated carbocycles. The van der Waals surface area contributed by atoms with Crippen molar-refractivity contribution in [2.24, 2.45) is 0 Å². The van der Waals surface area contributed by atoms with Gasteiger partial charge < -0.3 is 10.1 Å². The summed E-state index contributed by atoms with van der Waals surface area (Å²) in [7, 11) is 0. The van der Waals surface area contributed by atoms with E-state index in [1.165, 1.54) is 6.07 Å². The molecule has 2 aromatic heterocycles. The van der Waals surface area contributed by atoms with Crippen molar-refractivity contribution in [3.63, 3.8) is 0 Å². The van der Waals surface area contributed by atoms with Crippen LogP contribution in [-0.2, 0) is 0 Å². The molecule has 0 saturated heterocycles. The van der Waals surface area contributed by atoms with Crippen molar-refractivity contribution in [1.82, 2.24) is 9.97 Å². The fraction of sp³-hybridized carbons (Fsp3) is 0. The quantitative estimate of drug-likeness (QED) is 0.733. The van der Waals surface area contributed by atoms with Gasteiger partial charge in [-0.2, -0.15) is 0 Å². The number of nitrogens with zero attached hydrogens (tertiary/aromatic N) is 1. The maximum absolute atomic E-state index is 10.5. The van der Waals surface area contributed by atoms with E-state index in [1.807, 2.05) is 0 Å². The number of pyridine rings is 1. The highest BCUT2D eigenvalue weighted by molar-refractivity contribution is 5.88. The lowest BCUT2D eigenvalue weighted by Crippen LogP contribution is -1.98. The standard InChI is InChI=1S/C8H6N2O2.ClH/c11-8(12)7-2-1-5-6(10-7)3-4-9-5;/h1-4,9H,(H,11,12);1H. The summed E-state index contributed by atoms with van der Waals surface area (Å²) in [6, 6.07) is 4.91. The zero-order chi connectivity index (χ0) is 8.55. The van der Waals surface area contributed by atoms with Gasteiger partial charge in [0.25, 0.3) is 0 Å². The van der Waals surface area contributed by atoms with Gasteiger partial charge in [-0.3, -0.25) is 0 Å². The number of carboxylic acid groups (broad SMARTS) is 1. The molecule has 0 bridgehead atoms. The van der Waals surface area contributed by atoms with E-state index in [4.69, 9.17) is 5.11 Å². The molecule has 2 N–H and O–H groups in total. The molecule has 0 unspecified atom stereocenters. The topological polar surface area (TPSA) is 66.0 Å². The van der Waals surface area contributed by atoms with E-state index in [9.17, 15) is 4.79 Å². The molecule has 2 rings (SSSR count). The zero-order valence-electron chi connectivity index (χ0n) is 6.52. The number of halogens is 1. The molecule has 0 amide bonds. The van der Waals surface area contributed by atoms with E-state index in [0.717, 1.165) is 5.52 Å². The van der Waals surface area contributed by atoms with Crippen LogP contribution in [0.2, 0.25) is 0 Å². The largest absolute Gasteiger partial charge is 0.477 e. The van der Waals surface area contributed by atoms with Gasteiger partial charge in [-0.15, -0.1) is 12.4 Å². The number of hydrogen-bond acceptors (Lipinski definition) is 2. The predicted octanol–water partition coefficient (Wildman–Crippen LogP) is 1.68.